The Labute approximate surface area is 88.2 Å². The van der Waals surface area contributed by atoms with Gasteiger partial charge in [0.15, 0.2) is 0 Å². The van der Waals surface area contributed by atoms with E-state index in [0.29, 0.717) is 5.41 Å². The smallest absolute Gasteiger partial charge is 0.0599 e. The summed E-state index contributed by atoms with van der Waals surface area (Å²) in [4.78, 5) is 0. The summed E-state index contributed by atoms with van der Waals surface area (Å²) in [6.45, 7) is 9.02. The van der Waals surface area contributed by atoms with E-state index in [1.165, 1.54) is 32.1 Å². The molecule has 1 heterocycles. The summed E-state index contributed by atoms with van der Waals surface area (Å²) in [5.41, 5.74) is 0.535. The molecule has 0 aromatic heterocycles. The van der Waals surface area contributed by atoms with Gasteiger partial charge in [-0.3, -0.25) is 0 Å². The van der Waals surface area contributed by atoms with Gasteiger partial charge in [0, 0.05) is 0 Å². The van der Waals surface area contributed by atoms with Crippen molar-refractivity contribution >= 4 is 0 Å². The maximum atomic E-state index is 4.18. The van der Waals surface area contributed by atoms with E-state index in [1.807, 2.05) is 0 Å². The zero-order valence-electron chi connectivity index (χ0n) is 9.92. The van der Waals surface area contributed by atoms with E-state index in [4.69, 9.17) is 0 Å². The molecule has 14 heavy (non-hydrogen) atoms. The molecule has 0 spiro atoms. The first kappa shape index (κ1) is 11.7. The van der Waals surface area contributed by atoms with Crippen molar-refractivity contribution in [2.45, 2.75) is 52.9 Å². The molecular formula is C12H24N2. The summed E-state index contributed by atoms with van der Waals surface area (Å²) in [7, 11) is 0. The minimum absolute atomic E-state index is 0.535. The molecule has 1 rings (SSSR count). The Morgan fingerprint density at radius 3 is 2.14 bits per heavy atom. The fourth-order valence-corrected chi connectivity index (χ4v) is 2.11. The highest BCUT2D eigenvalue weighted by Gasteiger charge is 2.27. The zero-order chi connectivity index (χ0) is 10.4. The molecule has 0 aliphatic carbocycles. The maximum absolute atomic E-state index is 4.18. The van der Waals surface area contributed by atoms with Crippen LogP contribution in [0, 0.1) is 11.3 Å². The minimum Gasteiger partial charge on any atom is -0.194 e. The van der Waals surface area contributed by atoms with Crippen molar-refractivity contribution < 1.29 is 0 Å². The first-order valence-electron chi connectivity index (χ1n) is 5.98. The van der Waals surface area contributed by atoms with Gasteiger partial charge in [0.2, 0.25) is 0 Å². The highest BCUT2D eigenvalue weighted by Crippen LogP contribution is 2.37. The third kappa shape index (κ3) is 3.39. The van der Waals surface area contributed by atoms with Crippen LogP contribution in [0.1, 0.15) is 52.9 Å². The summed E-state index contributed by atoms with van der Waals surface area (Å²) in [5, 5.41) is 8.33. The highest BCUT2D eigenvalue weighted by atomic mass is 15.1. The Balaban J connectivity index is 2.53. The molecule has 1 unspecified atom stereocenters. The molecule has 82 valence electrons. The molecule has 0 amide bonds. The van der Waals surface area contributed by atoms with Gasteiger partial charge in [-0.15, -0.1) is 0 Å². The lowest BCUT2D eigenvalue weighted by molar-refractivity contribution is 0.171. The van der Waals surface area contributed by atoms with E-state index in [0.717, 1.165) is 19.0 Å². The zero-order valence-corrected chi connectivity index (χ0v) is 9.92. The summed E-state index contributed by atoms with van der Waals surface area (Å²) < 4.78 is 0. The fraction of sp³-hybridized carbons (Fsp3) is 1.00. The lowest BCUT2D eigenvalue weighted by Crippen LogP contribution is -2.24. The first-order chi connectivity index (χ1) is 6.65. The van der Waals surface area contributed by atoms with Gasteiger partial charge in [0.1, 0.15) is 0 Å². The molecule has 0 saturated carbocycles. The standard InChI is InChI=1S/C12H24N2/c1-11(2)12(3)7-4-5-9-13-14-10-6-8-12/h11H,4-10H2,1-3H3/b14-13-. The van der Waals surface area contributed by atoms with Crippen molar-refractivity contribution in [2.75, 3.05) is 13.1 Å². The fourth-order valence-electron chi connectivity index (χ4n) is 2.11. The van der Waals surface area contributed by atoms with E-state index in [1.54, 1.807) is 0 Å². The molecule has 0 N–H and O–H groups in total. The summed E-state index contributed by atoms with van der Waals surface area (Å²) in [5.74, 6) is 0.791. The van der Waals surface area contributed by atoms with Gasteiger partial charge in [-0.05, 0) is 37.0 Å². The Bertz CT molecular complexity index is 187. The third-order valence-electron chi connectivity index (χ3n) is 3.76. The quantitative estimate of drug-likeness (QED) is 0.604. The van der Waals surface area contributed by atoms with Gasteiger partial charge >= 0.3 is 0 Å². The molecule has 1 atom stereocenters. The van der Waals surface area contributed by atoms with Crippen LogP contribution in [0.5, 0.6) is 0 Å². The highest BCUT2D eigenvalue weighted by molar-refractivity contribution is 4.78. The van der Waals surface area contributed by atoms with Gasteiger partial charge in [0.25, 0.3) is 0 Å². The molecule has 0 fully saturated rings. The number of hydrogen-bond acceptors (Lipinski definition) is 2. The topological polar surface area (TPSA) is 24.7 Å². The third-order valence-corrected chi connectivity index (χ3v) is 3.76. The van der Waals surface area contributed by atoms with Crippen LogP contribution in [0.25, 0.3) is 0 Å². The van der Waals surface area contributed by atoms with Gasteiger partial charge in [0.05, 0.1) is 13.1 Å². The van der Waals surface area contributed by atoms with Crippen molar-refractivity contribution in [3.8, 4) is 0 Å². The molecule has 0 aromatic rings. The molecule has 1 aliphatic rings. The molecular weight excluding hydrogens is 172 g/mol. The van der Waals surface area contributed by atoms with Crippen LogP contribution < -0.4 is 0 Å². The molecule has 2 heteroatoms. The molecule has 0 saturated heterocycles. The van der Waals surface area contributed by atoms with Crippen molar-refractivity contribution in [1.29, 1.82) is 0 Å². The molecule has 2 nitrogen and oxygen atoms in total. The average molecular weight is 196 g/mol. The van der Waals surface area contributed by atoms with Crippen LogP contribution >= 0.6 is 0 Å². The summed E-state index contributed by atoms with van der Waals surface area (Å²) in [6, 6.07) is 0. The lowest BCUT2D eigenvalue weighted by atomic mass is 9.72. The number of azo groups is 1. The van der Waals surface area contributed by atoms with Crippen LogP contribution in [-0.2, 0) is 0 Å². The Morgan fingerprint density at radius 1 is 0.929 bits per heavy atom. The number of rotatable bonds is 1. The van der Waals surface area contributed by atoms with Crippen molar-refractivity contribution in [1.82, 2.24) is 0 Å². The van der Waals surface area contributed by atoms with Gasteiger partial charge in [-0.1, -0.05) is 27.2 Å². The van der Waals surface area contributed by atoms with E-state index in [2.05, 4.69) is 31.0 Å². The monoisotopic (exact) mass is 196 g/mol. The van der Waals surface area contributed by atoms with Crippen LogP contribution in [0.4, 0.5) is 0 Å². The number of nitrogens with zero attached hydrogens (tertiary/aromatic N) is 2. The minimum atomic E-state index is 0.535. The van der Waals surface area contributed by atoms with E-state index in [9.17, 15) is 0 Å². The molecule has 1 aliphatic heterocycles. The molecule has 0 bridgehead atoms. The van der Waals surface area contributed by atoms with Crippen molar-refractivity contribution in [3.63, 3.8) is 0 Å². The largest absolute Gasteiger partial charge is 0.194 e. The van der Waals surface area contributed by atoms with Crippen LogP contribution in [0.2, 0.25) is 0 Å². The predicted molar refractivity (Wildman–Crippen MR) is 60.6 cm³/mol. The average Bonchev–Trinajstić information content (AvgIpc) is 2.16. The SMILES string of the molecule is CC(C)C1(C)CCCC/N=N\CCC1. The second-order valence-corrected chi connectivity index (χ2v) is 5.10. The predicted octanol–water partition coefficient (Wildman–Crippen LogP) is 4.07. The Hall–Kier alpha value is -0.400. The summed E-state index contributed by atoms with van der Waals surface area (Å²) >= 11 is 0. The Morgan fingerprint density at radius 2 is 1.50 bits per heavy atom. The summed E-state index contributed by atoms with van der Waals surface area (Å²) in [6.07, 6.45) is 6.40. The van der Waals surface area contributed by atoms with Gasteiger partial charge < -0.3 is 0 Å². The van der Waals surface area contributed by atoms with E-state index < -0.39 is 0 Å². The van der Waals surface area contributed by atoms with Crippen LogP contribution in [-0.4, -0.2) is 13.1 Å². The number of hydrogen-bond donors (Lipinski definition) is 0. The normalized spacial score (nSPS) is 32.9. The van der Waals surface area contributed by atoms with Crippen LogP contribution in [0.3, 0.4) is 0 Å². The van der Waals surface area contributed by atoms with E-state index >= 15 is 0 Å². The van der Waals surface area contributed by atoms with Crippen LogP contribution in [0.15, 0.2) is 10.2 Å². The lowest BCUT2D eigenvalue weighted by Gasteiger charge is -2.34. The Kier molecular flexibility index (Phi) is 4.56. The first-order valence-corrected chi connectivity index (χ1v) is 5.98. The second-order valence-electron chi connectivity index (χ2n) is 5.10. The van der Waals surface area contributed by atoms with Crippen molar-refractivity contribution in [3.05, 3.63) is 0 Å². The molecule has 0 radical (unpaired) electrons. The van der Waals surface area contributed by atoms with Crippen molar-refractivity contribution in [2.24, 2.45) is 21.6 Å². The second kappa shape index (κ2) is 5.47. The molecule has 0 aromatic carbocycles. The maximum Gasteiger partial charge on any atom is 0.0599 e. The van der Waals surface area contributed by atoms with Gasteiger partial charge in [-0.25, -0.2) is 0 Å². The van der Waals surface area contributed by atoms with Gasteiger partial charge in [-0.2, -0.15) is 10.2 Å². The van der Waals surface area contributed by atoms with E-state index in [-0.39, 0.29) is 0 Å².